The van der Waals surface area contributed by atoms with Gasteiger partial charge in [0.2, 0.25) is 0 Å². The lowest BCUT2D eigenvalue weighted by Crippen LogP contribution is -2.51. The van der Waals surface area contributed by atoms with E-state index in [1.807, 2.05) is 20.8 Å². The third kappa shape index (κ3) is 4.97. The van der Waals surface area contributed by atoms with Crippen LogP contribution in [0.4, 0.5) is 4.79 Å². The summed E-state index contributed by atoms with van der Waals surface area (Å²) < 4.78 is 5.36. The van der Waals surface area contributed by atoms with Crippen LogP contribution in [-0.2, 0) is 4.74 Å². The van der Waals surface area contributed by atoms with Crippen LogP contribution < -0.4 is 10.6 Å². The van der Waals surface area contributed by atoms with Gasteiger partial charge in [0, 0.05) is 18.1 Å². The summed E-state index contributed by atoms with van der Waals surface area (Å²) in [6, 6.07) is 1.30. The molecule has 4 nitrogen and oxygen atoms in total. The molecule has 0 bridgehead atoms. The van der Waals surface area contributed by atoms with Crippen molar-refractivity contribution in [1.82, 2.24) is 10.6 Å². The van der Waals surface area contributed by atoms with E-state index >= 15 is 0 Å². The highest BCUT2D eigenvalue weighted by molar-refractivity contribution is 5.68. The minimum atomic E-state index is -0.422. The van der Waals surface area contributed by atoms with Gasteiger partial charge in [-0.15, -0.1) is 0 Å². The zero-order chi connectivity index (χ0) is 14.6. The van der Waals surface area contributed by atoms with Gasteiger partial charge in [-0.2, -0.15) is 0 Å². The maximum absolute atomic E-state index is 11.9. The highest BCUT2D eigenvalue weighted by atomic mass is 16.6. The van der Waals surface area contributed by atoms with E-state index in [-0.39, 0.29) is 12.1 Å². The van der Waals surface area contributed by atoms with E-state index < -0.39 is 5.60 Å². The second kappa shape index (κ2) is 6.79. The monoisotopic (exact) mass is 282 g/mol. The van der Waals surface area contributed by atoms with Gasteiger partial charge in [0.25, 0.3) is 0 Å². The number of nitrogens with one attached hydrogen (secondary N) is 2. The molecule has 2 rings (SSSR count). The highest BCUT2D eigenvalue weighted by Gasteiger charge is 2.31. The van der Waals surface area contributed by atoms with E-state index in [1.54, 1.807) is 0 Å². The molecule has 0 heterocycles. The Kier molecular flexibility index (Phi) is 5.30. The minimum absolute atomic E-state index is 0.228. The summed E-state index contributed by atoms with van der Waals surface area (Å²) >= 11 is 0. The van der Waals surface area contributed by atoms with Crippen molar-refractivity contribution in [2.24, 2.45) is 0 Å². The fraction of sp³-hybridized carbons (Fsp3) is 0.938. The van der Waals surface area contributed by atoms with E-state index in [1.165, 1.54) is 38.5 Å². The summed E-state index contributed by atoms with van der Waals surface area (Å²) in [5.41, 5.74) is -0.422. The van der Waals surface area contributed by atoms with Crippen molar-refractivity contribution >= 4 is 6.09 Å². The Labute approximate surface area is 123 Å². The molecule has 0 spiro atoms. The van der Waals surface area contributed by atoms with Crippen LogP contribution in [0.2, 0.25) is 0 Å². The number of amides is 1. The van der Waals surface area contributed by atoms with Crippen LogP contribution in [-0.4, -0.2) is 29.8 Å². The molecule has 2 atom stereocenters. The second-order valence-electron chi connectivity index (χ2n) is 7.29. The normalized spacial score (nSPS) is 28.4. The van der Waals surface area contributed by atoms with Crippen LogP contribution in [0.5, 0.6) is 0 Å². The Morgan fingerprint density at radius 3 is 2.25 bits per heavy atom. The fourth-order valence-corrected chi connectivity index (χ4v) is 3.36. The van der Waals surface area contributed by atoms with Crippen LogP contribution in [0.1, 0.15) is 72.1 Å². The van der Waals surface area contributed by atoms with E-state index in [9.17, 15) is 4.79 Å². The quantitative estimate of drug-likeness (QED) is 0.834. The maximum Gasteiger partial charge on any atom is 0.407 e. The van der Waals surface area contributed by atoms with Crippen LogP contribution >= 0.6 is 0 Å². The molecule has 2 N–H and O–H groups in total. The predicted molar refractivity (Wildman–Crippen MR) is 80.8 cm³/mol. The van der Waals surface area contributed by atoms with Crippen molar-refractivity contribution in [2.45, 2.75) is 95.9 Å². The predicted octanol–water partition coefficient (Wildman–Crippen LogP) is 3.35. The first-order chi connectivity index (χ1) is 9.44. The highest BCUT2D eigenvalue weighted by Crippen LogP contribution is 2.24. The summed E-state index contributed by atoms with van der Waals surface area (Å²) in [6.07, 6.45) is 9.77. The van der Waals surface area contributed by atoms with Gasteiger partial charge in [0.15, 0.2) is 0 Å². The first-order valence-electron chi connectivity index (χ1n) is 8.19. The van der Waals surface area contributed by atoms with Gasteiger partial charge in [0.05, 0.1) is 0 Å². The summed E-state index contributed by atoms with van der Waals surface area (Å²) in [5.74, 6) is 0. The van der Waals surface area contributed by atoms with Gasteiger partial charge >= 0.3 is 6.09 Å². The Balaban J connectivity index is 1.79. The number of rotatable bonds is 3. The van der Waals surface area contributed by atoms with Crippen molar-refractivity contribution in [3.63, 3.8) is 0 Å². The maximum atomic E-state index is 11.9. The number of carbonyl (C=O) groups is 1. The van der Waals surface area contributed by atoms with Gasteiger partial charge in [-0.25, -0.2) is 4.79 Å². The molecule has 2 unspecified atom stereocenters. The van der Waals surface area contributed by atoms with Crippen molar-refractivity contribution < 1.29 is 9.53 Å². The molecule has 20 heavy (non-hydrogen) atoms. The molecule has 2 saturated carbocycles. The van der Waals surface area contributed by atoms with Gasteiger partial charge in [-0.1, -0.05) is 19.3 Å². The number of alkyl carbamates (subject to hydrolysis) is 1. The Hall–Kier alpha value is -0.770. The second-order valence-corrected chi connectivity index (χ2v) is 7.29. The van der Waals surface area contributed by atoms with Crippen LogP contribution in [0.15, 0.2) is 0 Å². The van der Waals surface area contributed by atoms with Gasteiger partial charge < -0.3 is 15.4 Å². The fourth-order valence-electron chi connectivity index (χ4n) is 3.36. The summed E-state index contributed by atoms with van der Waals surface area (Å²) in [6.45, 7) is 5.71. The molecule has 2 fully saturated rings. The average Bonchev–Trinajstić information content (AvgIpc) is 2.75. The van der Waals surface area contributed by atoms with Crippen LogP contribution in [0, 0.1) is 0 Å². The smallest absolute Gasteiger partial charge is 0.407 e. The zero-order valence-electron chi connectivity index (χ0n) is 13.2. The van der Waals surface area contributed by atoms with E-state index in [2.05, 4.69) is 10.6 Å². The molecular formula is C16H30N2O2. The zero-order valence-corrected chi connectivity index (χ0v) is 13.2. The number of ether oxygens (including phenoxy) is 1. The number of carbonyl (C=O) groups excluding carboxylic acids is 1. The molecule has 0 aromatic rings. The average molecular weight is 282 g/mol. The first-order valence-corrected chi connectivity index (χ1v) is 8.19. The lowest BCUT2D eigenvalue weighted by atomic mass is 9.94. The minimum Gasteiger partial charge on any atom is -0.444 e. The van der Waals surface area contributed by atoms with Crippen molar-refractivity contribution in [1.29, 1.82) is 0 Å². The SMILES string of the molecule is CC(C)(C)OC(=O)NC1CCCC1NC1CCCCC1. The topological polar surface area (TPSA) is 50.4 Å². The molecule has 0 aromatic carbocycles. The van der Waals surface area contributed by atoms with Crippen LogP contribution in [0.3, 0.4) is 0 Å². The van der Waals surface area contributed by atoms with Crippen LogP contribution in [0.25, 0.3) is 0 Å². The van der Waals surface area contributed by atoms with Crippen molar-refractivity contribution in [2.75, 3.05) is 0 Å². The molecule has 1 amide bonds. The number of hydrogen-bond donors (Lipinski definition) is 2. The first kappa shape index (κ1) is 15.6. The Bertz CT molecular complexity index is 319. The molecule has 0 saturated heterocycles. The molecule has 0 aromatic heterocycles. The van der Waals surface area contributed by atoms with Gasteiger partial charge in [-0.05, 0) is 52.9 Å². The molecule has 116 valence electrons. The lowest BCUT2D eigenvalue weighted by Gasteiger charge is -2.30. The van der Waals surface area contributed by atoms with E-state index in [4.69, 9.17) is 4.74 Å². The van der Waals surface area contributed by atoms with E-state index in [0.29, 0.717) is 12.1 Å². The molecule has 2 aliphatic carbocycles. The largest absolute Gasteiger partial charge is 0.444 e. The Morgan fingerprint density at radius 1 is 0.950 bits per heavy atom. The van der Waals surface area contributed by atoms with Gasteiger partial charge in [-0.3, -0.25) is 0 Å². The summed E-state index contributed by atoms with van der Waals surface area (Å²) in [5, 5.41) is 6.82. The molecule has 4 heteroatoms. The third-order valence-electron chi connectivity index (χ3n) is 4.27. The molecule has 2 aliphatic rings. The van der Waals surface area contributed by atoms with E-state index in [0.717, 1.165) is 12.8 Å². The van der Waals surface area contributed by atoms with Crippen molar-refractivity contribution in [3.8, 4) is 0 Å². The lowest BCUT2D eigenvalue weighted by molar-refractivity contribution is 0.0496. The molecular weight excluding hydrogens is 252 g/mol. The van der Waals surface area contributed by atoms with Gasteiger partial charge in [0.1, 0.15) is 5.60 Å². The molecule has 0 aliphatic heterocycles. The summed E-state index contributed by atoms with van der Waals surface area (Å²) in [7, 11) is 0. The third-order valence-corrected chi connectivity index (χ3v) is 4.27. The Morgan fingerprint density at radius 2 is 1.60 bits per heavy atom. The molecule has 0 radical (unpaired) electrons. The summed E-state index contributed by atoms with van der Waals surface area (Å²) in [4.78, 5) is 11.9. The van der Waals surface area contributed by atoms with Crippen molar-refractivity contribution in [3.05, 3.63) is 0 Å². The number of hydrogen-bond acceptors (Lipinski definition) is 3. The standard InChI is InChI=1S/C16H30N2O2/c1-16(2,3)20-15(19)18-14-11-7-10-13(14)17-12-8-5-4-6-9-12/h12-14,17H,4-11H2,1-3H3,(H,18,19).